The van der Waals surface area contributed by atoms with E-state index in [2.05, 4.69) is 31.5 Å². The Morgan fingerprint density at radius 3 is 2.70 bits per heavy atom. The third kappa shape index (κ3) is 3.55. The number of aromatic carboxylic acids is 1. The standard InChI is InChI=1S/C12H10BrN3O3S/c1-6-5-14-12(20-6)16-11(19)15-9-4-7(10(17)18)2-3-8(9)13/h2-5H,1H3,(H,17,18)(H2,14,15,16,19). The number of rotatable bonds is 3. The summed E-state index contributed by atoms with van der Waals surface area (Å²) in [4.78, 5) is 27.7. The van der Waals surface area contributed by atoms with Gasteiger partial charge in [-0.05, 0) is 41.1 Å². The first-order chi connectivity index (χ1) is 9.45. The first kappa shape index (κ1) is 14.5. The van der Waals surface area contributed by atoms with Gasteiger partial charge >= 0.3 is 12.0 Å². The van der Waals surface area contributed by atoms with E-state index in [0.29, 0.717) is 15.3 Å². The van der Waals surface area contributed by atoms with Crippen LogP contribution in [0.1, 0.15) is 15.2 Å². The van der Waals surface area contributed by atoms with E-state index in [4.69, 9.17) is 5.11 Å². The van der Waals surface area contributed by atoms with Gasteiger partial charge in [-0.1, -0.05) is 0 Å². The number of hydrogen-bond acceptors (Lipinski definition) is 4. The molecule has 2 amide bonds. The van der Waals surface area contributed by atoms with E-state index in [1.54, 1.807) is 12.3 Å². The van der Waals surface area contributed by atoms with Crippen molar-refractivity contribution in [1.29, 1.82) is 0 Å². The Hall–Kier alpha value is -1.93. The zero-order valence-corrected chi connectivity index (χ0v) is 12.7. The molecule has 104 valence electrons. The third-order valence-corrected chi connectivity index (χ3v) is 3.82. The fourth-order valence-corrected chi connectivity index (χ4v) is 2.42. The molecule has 0 unspecified atom stereocenters. The van der Waals surface area contributed by atoms with E-state index in [9.17, 15) is 9.59 Å². The second-order valence-electron chi connectivity index (χ2n) is 3.85. The number of aromatic nitrogens is 1. The molecule has 0 bridgehead atoms. The summed E-state index contributed by atoms with van der Waals surface area (Å²) in [6.07, 6.45) is 1.65. The highest BCUT2D eigenvalue weighted by molar-refractivity contribution is 9.10. The van der Waals surface area contributed by atoms with Gasteiger partial charge in [0.05, 0.1) is 11.3 Å². The molecule has 1 aromatic carbocycles. The number of anilines is 2. The van der Waals surface area contributed by atoms with Crippen LogP contribution in [0.25, 0.3) is 0 Å². The minimum absolute atomic E-state index is 0.0913. The van der Waals surface area contributed by atoms with Crippen molar-refractivity contribution in [3.05, 3.63) is 39.3 Å². The molecule has 0 radical (unpaired) electrons. The van der Waals surface area contributed by atoms with E-state index < -0.39 is 12.0 Å². The number of benzene rings is 1. The van der Waals surface area contributed by atoms with Crippen LogP contribution in [-0.4, -0.2) is 22.1 Å². The molecule has 0 spiro atoms. The lowest BCUT2D eigenvalue weighted by Crippen LogP contribution is -2.19. The average Bonchev–Trinajstić information content (AvgIpc) is 2.77. The van der Waals surface area contributed by atoms with Crippen LogP contribution in [-0.2, 0) is 0 Å². The SMILES string of the molecule is Cc1cnc(NC(=O)Nc2cc(C(=O)O)ccc2Br)s1. The predicted molar refractivity (Wildman–Crippen MR) is 80.6 cm³/mol. The van der Waals surface area contributed by atoms with Gasteiger partial charge in [0.2, 0.25) is 0 Å². The minimum Gasteiger partial charge on any atom is -0.478 e. The monoisotopic (exact) mass is 355 g/mol. The molecule has 0 saturated carbocycles. The van der Waals surface area contributed by atoms with Crippen LogP contribution in [0.2, 0.25) is 0 Å². The molecular weight excluding hydrogens is 346 g/mol. The lowest BCUT2D eigenvalue weighted by Gasteiger charge is -2.08. The summed E-state index contributed by atoms with van der Waals surface area (Å²) in [5, 5.41) is 14.5. The Labute approximate surface area is 127 Å². The lowest BCUT2D eigenvalue weighted by molar-refractivity contribution is 0.0697. The second-order valence-corrected chi connectivity index (χ2v) is 5.94. The minimum atomic E-state index is -1.06. The molecule has 0 aliphatic rings. The lowest BCUT2D eigenvalue weighted by atomic mass is 10.2. The average molecular weight is 356 g/mol. The van der Waals surface area contributed by atoms with E-state index in [0.717, 1.165) is 4.88 Å². The second kappa shape index (κ2) is 6.02. The van der Waals surface area contributed by atoms with Crippen LogP contribution in [0.15, 0.2) is 28.9 Å². The highest BCUT2D eigenvalue weighted by atomic mass is 79.9. The molecule has 1 heterocycles. The largest absolute Gasteiger partial charge is 0.478 e. The summed E-state index contributed by atoms with van der Waals surface area (Å²) in [6.45, 7) is 1.88. The summed E-state index contributed by atoms with van der Waals surface area (Å²) < 4.78 is 0.591. The maximum atomic E-state index is 11.8. The Kier molecular flexibility index (Phi) is 4.35. The van der Waals surface area contributed by atoms with Gasteiger partial charge in [0.15, 0.2) is 5.13 Å². The number of nitrogens with one attached hydrogen (secondary N) is 2. The molecule has 0 aliphatic heterocycles. The predicted octanol–water partition coefficient (Wildman–Crippen LogP) is 3.56. The molecule has 2 rings (SSSR count). The molecule has 0 aliphatic carbocycles. The first-order valence-corrected chi connectivity index (χ1v) is 7.10. The van der Waals surface area contributed by atoms with Gasteiger partial charge in [0, 0.05) is 15.5 Å². The van der Waals surface area contributed by atoms with Crippen molar-refractivity contribution in [2.75, 3.05) is 10.6 Å². The van der Waals surface area contributed by atoms with Crippen LogP contribution in [0.4, 0.5) is 15.6 Å². The van der Waals surface area contributed by atoms with Crippen molar-refractivity contribution in [3.8, 4) is 0 Å². The maximum absolute atomic E-state index is 11.8. The summed E-state index contributed by atoms with van der Waals surface area (Å²) in [5.41, 5.74) is 0.462. The van der Waals surface area contributed by atoms with Gasteiger partial charge in [-0.2, -0.15) is 0 Å². The van der Waals surface area contributed by atoms with E-state index in [1.165, 1.54) is 23.5 Å². The number of carboxylic acid groups (broad SMARTS) is 1. The number of urea groups is 1. The number of carbonyl (C=O) groups excluding carboxylic acids is 1. The summed E-state index contributed by atoms with van der Waals surface area (Å²) in [5.74, 6) is -1.06. The number of halogens is 1. The highest BCUT2D eigenvalue weighted by Crippen LogP contribution is 2.24. The molecular formula is C12H10BrN3O3S. The zero-order valence-electron chi connectivity index (χ0n) is 10.3. The number of carboxylic acids is 1. The summed E-state index contributed by atoms with van der Waals surface area (Å²) in [6, 6.07) is 3.90. The van der Waals surface area contributed by atoms with Gasteiger partial charge in [-0.3, -0.25) is 5.32 Å². The fourth-order valence-electron chi connectivity index (χ4n) is 1.42. The summed E-state index contributed by atoms with van der Waals surface area (Å²) in [7, 11) is 0. The Morgan fingerprint density at radius 2 is 2.10 bits per heavy atom. The Bertz CT molecular complexity index is 672. The molecule has 0 saturated heterocycles. The molecule has 6 nitrogen and oxygen atoms in total. The van der Waals surface area contributed by atoms with E-state index in [1.807, 2.05) is 6.92 Å². The van der Waals surface area contributed by atoms with Crippen molar-refractivity contribution in [1.82, 2.24) is 4.98 Å². The van der Waals surface area contributed by atoms with Gasteiger partial charge in [0.25, 0.3) is 0 Å². The number of carbonyl (C=O) groups is 2. The van der Waals surface area contributed by atoms with Crippen molar-refractivity contribution >= 4 is 50.1 Å². The smallest absolute Gasteiger partial charge is 0.335 e. The zero-order chi connectivity index (χ0) is 14.7. The van der Waals surface area contributed by atoms with Crippen LogP contribution in [0.3, 0.4) is 0 Å². The van der Waals surface area contributed by atoms with Crippen molar-refractivity contribution in [2.45, 2.75) is 6.92 Å². The van der Waals surface area contributed by atoms with E-state index >= 15 is 0 Å². The van der Waals surface area contributed by atoms with Gasteiger partial charge < -0.3 is 10.4 Å². The summed E-state index contributed by atoms with van der Waals surface area (Å²) >= 11 is 4.60. The van der Waals surface area contributed by atoms with Gasteiger partial charge in [0.1, 0.15) is 0 Å². The molecule has 20 heavy (non-hydrogen) atoms. The maximum Gasteiger partial charge on any atom is 0.335 e. The first-order valence-electron chi connectivity index (χ1n) is 5.49. The van der Waals surface area contributed by atoms with E-state index in [-0.39, 0.29) is 5.56 Å². The van der Waals surface area contributed by atoms with Crippen LogP contribution in [0, 0.1) is 6.92 Å². The van der Waals surface area contributed by atoms with Crippen molar-refractivity contribution in [3.63, 3.8) is 0 Å². The molecule has 2 aromatic rings. The molecule has 8 heteroatoms. The van der Waals surface area contributed by atoms with Crippen LogP contribution < -0.4 is 10.6 Å². The number of nitrogens with zero attached hydrogens (tertiary/aromatic N) is 1. The molecule has 1 aromatic heterocycles. The number of hydrogen-bond donors (Lipinski definition) is 3. The van der Waals surface area contributed by atoms with Gasteiger partial charge in [-0.15, -0.1) is 11.3 Å². The normalized spacial score (nSPS) is 10.1. The topological polar surface area (TPSA) is 91.3 Å². The molecule has 3 N–H and O–H groups in total. The Morgan fingerprint density at radius 1 is 1.35 bits per heavy atom. The Balaban J connectivity index is 2.11. The molecule has 0 fully saturated rings. The van der Waals surface area contributed by atoms with Crippen molar-refractivity contribution in [2.24, 2.45) is 0 Å². The van der Waals surface area contributed by atoms with Crippen molar-refractivity contribution < 1.29 is 14.7 Å². The van der Waals surface area contributed by atoms with Crippen LogP contribution in [0.5, 0.6) is 0 Å². The van der Waals surface area contributed by atoms with Gasteiger partial charge in [-0.25, -0.2) is 14.6 Å². The van der Waals surface area contributed by atoms with Crippen LogP contribution >= 0.6 is 27.3 Å². The highest BCUT2D eigenvalue weighted by Gasteiger charge is 2.11. The fraction of sp³-hybridized carbons (Fsp3) is 0.0833. The number of thiazole rings is 1. The number of amides is 2. The quantitative estimate of drug-likeness (QED) is 0.784. The molecule has 0 atom stereocenters. The number of aryl methyl sites for hydroxylation is 1. The third-order valence-electron chi connectivity index (χ3n) is 2.30.